The van der Waals surface area contributed by atoms with Gasteiger partial charge in [-0.2, -0.15) is 4.98 Å². The molecule has 0 atom stereocenters. The summed E-state index contributed by atoms with van der Waals surface area (Å²) in [5, 5.41) is 3.12. The molecule has 16 heavy (non-hydrogen) atoms. The molecule has 0 aliphatic rings. The maximum absolute atomic E-state index is 5.65. The van der Waals surface area contributed by atoms with Crippen LogP contribution in [0, 0.1) is 13.8 Å². The van der Waals surface area contributed by atoms with Crippen LogP contribution in [0.2, 0.25) is 0 Å². The van der Waals surface area contributed by atoms with Gasteiger partial charge in [0, 0.05) is 17.4 Å². The molecule has 0 spiro atoms. The molecule has 0 aliphatic carbocycles. The standard InChI is InChI=1S/C12H14N4/c1-8-4-3-5-10(6-8)15-12-14-9(2)7-11(13)16-12/h3-7H,1-2H3,(H3,13,14,15,16). The van der Waals surface area contributed by atoms with Crippen molar-refractivity contribution in [1.82, 2.24) is 9.97 Å². The molecule has 0 aliphatic heterocycles. The lowest BCUT2D eigenvalue weighted by Gasteiger charge is -2.06. The van der Waals surface area contributed by atoms with E-state index in [1.807, 2.05) is 38.1 Å². The van der Waals surface area contributed by atoms with Gasteiger partial charge in [0.25, 0.3) is 0 Å². The number of nitrogens with two attached hydrogens (primary N) is 1. The second-order valence-corrected chi connectivity index (χ2v) is 3.75. The van der Waals surface area contributed by atoms with Crippen molar-refractivity contribution in [2.45, 2.75) is 13.8 Å². The van der Waals surface area contributed by atoms with E-state index in [1.165, 1.54) is 5.56 Å². The lowest BCUT2D eigenvalue weighted by atomic mass is 10.2. The zero-order valence-corrected chi connectivity index (χ0v) is 9.36. The highest BCUT2D eigenvalue weighted by Crippen LogP contribution is 2.15. The van der Waals surface area contributed by atoms with Crippen molar-refractivity contribution in [3.8, 4) is 0 Å². The van der Waals surface area contributed by atoms with E-state index in [1.54, 1.807) is 6.07 Å². The number of aromatic nitrogens is 2. The molecule has 0 saturated heterocycles. The van der Waals surface area contributed by atoms with E-state index in [0.717, 1.165) is 11.4 Å². The Balaban J connectivity index is 2.27. The van der Waals surface area contributed by atoms with Crippen LogP contribution < -0.4 is 11.1 Å². The number of rotatable bonds is 2. The summed E-state index contributed by atoms with van der Waals surface area (Å²) in [6, 6.07) is 9.76. The number of anilines is 3. The minimum absolute atomic E-state index is 0.475. The number of hydrogen-bond acceptors (Lipinski definition) is 4. The third-order valence-corrected chi connectivity index (χ3v) is 2.15. The number of nitrogens with zero attached hydrogens (tertiary/aromatic N) is 2. The third-order valence-electron chi connectivity index (χ3n) is 2.15. The molecule has 0 saturated carbocycles. The van der Waals surface area contributed by atoms with Crippen LogP contribution in [0.4, 0.5) is 17.5 Å². The van der Waals surface area contributed by atoms with Gasteiger partial charge in [-0.15, -0.1) is 0 Å². The maximum atomic E-state index is 5.65. The molecule has 0 amide bonds. The first-order valence-corrected chi connectivity index (χ1v) is 5.08. The predicted octanol–water partition coefficient (Wildman–Crippen LogP) is 2.42. The minimum Gasteiger partial charge on any atom is -0.384 e. The second kappa shape index (κ2) is 4.18. The van der Waals surface area contributed by atoms with Gasteiger partial charge in [0.05, 0.1) is 0 Å². The Morgan fingerprint density at radius 1 is 1.12 bits per heavy atom. The van der Waals surface area contributed by atoms with Crippen LogP contribution >= 0.6 is 0 Å². The van der Waals surface area contributed by atoms with Crippen molar-refractivity contribution in [3.63, 3.8) is 0 Å². The van der Waals surface area contributed by atoms with Gasteiger partial charge in [-0.25, -0.2) is 4.98 Å². The molecular formula is C12H14N4. The molecule has 2 rings (SSSR count). The van der Waals surface area contributed by atoms with E-state index in [4.69, 9.17) is 5.73 Å². The van der Waals surface area contributed by atoms with Crippen molar-refractivity contribution in [1.29, 1.82) is 0 Å². The van der Waals surface area contributed by atoms with Crippen LogP contribution in [0.1, 0.15) is 11.3 Å². The molecule has 1 aromatic heterocycles. The minimum atomic E-state index is 0.475. The highest BCUT2D eigenvalue weighted by Gasteiger charge is 2.00. The Morgan fingerprint density at radius 3 is 2.62 bits per heavy atom. The molecule has 3 N–H and O–H groups in total. The normalized spacial score (nSPS) is 10.1. The van der Waals surface area contributed by atoms with Crippen LogP contribution in [0.25, 0.3) is 0 Å². The molecule has 82 valence electrons. The van der Waals surface area contributed by atoms with E-state index in [-0.39, 0.29) is 0 Å². The molecule has 2 aromatic rings. The Morgan fingerprint density at radius 2 is 1.94 bits per heavy atom. The quantitative estimate of drug-likeness (QED) is 0.805. The van der Waals surface area contributed by atoms with E-state index >= 15 is 0 Å². The average Bonchev–Trinajstić information content (AvgIpc) is 2.15. The van der Waals surface area contributed by atoms with E-state index in [9.17, 15) is 0 Å². The van der Waals surface area contributed by atoms with Crippen molar-refractivity contribution in [2.24, 2.45) is 0 Å². The summed E-state index contributed by atoms with van der Waals surface area (Å²) in [4.78, 5) is 8.37. The van der Waals surface area contributed by atoms with Gasteiger partial charge in [-0.1, -0.05) is 12.1 Å². The van der Waals surface area contributed by atoms with Crippen molar-refractivity contribution in [3.05, 3.63) is 41.6 Å². The topological polar surface area (TPSA) is 63.8 Å². The van der Waals surface area contributed by atoms with Crippen molar-refractivity contribution < 1.29 is 0 Å². The van der Waals surface area contributed by atoms with Gasteiger partial charge >= 0.3 is 0 Å². The first-order chi connectivity index (χ1) is 7.63. The smallest absolute Gasteiger partial charge is 0.229 e. The van der Waals surface area contributed by atoms with Crippen LogP contribution in [-0.2, 0) is 0 Å². The molecule has 0 unspecified atom stereocenters. The fourth-order valence-electron chi connectivity index (χ4n) is 1.50. The van der Waals surface area contributed by atoms with Gasteiger partial charge in [-0.05, 0) is 31.5 Å². The Kier molecular flexibility index (Phi) is 2.72. The lowest BCUT2D eigenvalue weighted by Crippen LogP contribution is -2.01. The zero-order chi connectivity index (χ0) is 11.5. The van der Waals surface area contributed by atoms with Crippen molar-refractivity contribution in [2.75, 3.05) is 11.1 Å². The van der Waals surface area contributed by atoms with Crippen LogP contribution in [0.15, 0.2) is 30.3 Å². The van der Waals surface area contributed by atoms with Gasteiger partial charge in [-0.3, -0.25) is 0 Å². The van der Waals surface area contributed by atoms with Gasteiger partial charge in [0.15, 0.2) is 0 Å². The van der Waals surface area contributed by atoms with Gasteiger partial charge < -0.3 is 11.1 Å². The predicted molar refractivity (Wildman–Crippen MR) is 65.6 cm³/mol. The molecule has 0 bridgehead atoms. The SMILES string of the molecule is Cc1cccc(Nc2nc(C)cc(N)n2)c1. The van der Waals surface area contributed by atoms with E-state index in [2.05, 4.69) is 15.3 Å². The summed E-state index contributed by atoms with van der Waals surface area (Å²) < 4.78 is 0. The third kappa shape index (κ3) is 2.48. The largest absolute Gasteiger partial charge is 0.384 e. The number of aryl methyl sites for hydroxylation is 2. The molecular weight excluding hydrogens is 200 g/mol. The first kappa shape index (κ1) is 10.4. The number of nitrogen functional groups attached to an aromatic ring is 1. The summed E-state index contributed by atoms with van der Waals surface area (Å²) in [7, 11) is 0. The molecule has 0 fully saturated rings. The summed E-state index contributed by atoms with van der Waals surface area (Å²) in [6.45, 7) is 3.93. The molecule has 4 heteroatoms. The van der Waals surface area contributed by atoms with E-state index < -0.39 is 0 Å². The summed E-state index contributed by atoms with van der Waals surface area (Å²) in [6.07, 6.45) is 0. The molecule has 4 nitrogen and oxygen atoms in total. The highest BCUT2D eigenvalue weighted by molar-refractivity contribution is 5.55. The second-order valence-electron chi connectivity index (χ2n) is 3.75. The summed E-state index contributed by atoms with van der Waals surface area (Å²) >= 11 is 0. The van der Waals surface area contributed by atoms with Gasteiger partial charge in [0.2, 0.25) is 5.95 Å². The fraction of sp³-hybridized carbons (Fsp3) is 0.167. The Bertz CT molecular complexity index is 488. The maximum Gasteiger partial charge on any atom is 0.229 e. The summed E-state index contributed by atoms with van der Waals surface area (Å²) in [5.41, 5.74) is 8.65. The average molecular weight is 214 g/mol. The molecule has 1 heterocycles. The Labute approximate surface area is 94.5 Å². The number of hydrogen-bond donors (Lipinski definition) is 2. The lowest BCUT2D eigenvalue weighted by molar-refractivity contribution is 1.11. The molecule has 0 radical (unpaired) electrons. The highest BCUT2D eigenvalue weighted by atomic mass is 15.1. The fourth-order valence-corrected chi connectivity index (χ4v) is 1.50. The van der Waals surface area contributed by atoms with E-state index in [0.29, 0.717) is 11.8 Å². The molecule has 1 aromatic carbocycles. The zero-order valence-electron chi connectivity index (χ0n) is 9.36. The monoisotopic (exact) mass is 214 g/mol. The van der Waals surface area contributed by atoms with Crippen LogP contribution in [-0.4, -0.2) is 9.97 Å². The summed E-state index contributed by atoms with van der Waals surface area (Å²) in [5.74, 6) is 1.01. The van der Waals surface area contributed by atoms with Gasteiger partial charge in [0.1, 0.15) is 5.82 Å². The first-order valence-electron chi connectivity index (χ1n) is 5.08. The van der Waals surface area contributed by atoms with Crippen LogP contribution in [0.3, 0.4) is 0 Å². The van der Waals surface area contributed by atoms with Crippen LogP contribution in [0.5, 0.6) is 0 Å². The number of nitrogens with one attached hydrogen (secondary N) is 1. The number of benzene rings is 1. The van der Waals surface area contributed by atoms with Crippen molar-refractivity contribution >= 4 is 17.5 Å². The Hall–Kier alpha value is -2.10.